The van der Waals surface area contributed by atoms with E-state index in [1.54, 1.807) is 18.2 Å². The first kappa shape index (κ1) is 14.7. The molecule has 0 unspecified atom stereocenters. The van der Waals surface area contributed by atoms with E-state index in [9.17, 15) is 8.42 Å². The number of primary sulfonamides is 1. The van der Waals surface area contributed by atoms with Crippen LogP contribution in [0.5, 0.6) is 0 Å². The van der Waals surface area contributed by atoms with Crippen LogP contribution in [0, 0.1) is 0 Å². The molecule has 1 aromatic rings. The maximum Gasteiger partial charge on any atom is 0.240 e. The highest BCUT2D eigenvalue weighted by Gasteiger charge is 2.22. The summed E-state index contributed by atoms with van der Waals surface area (Å²) in [5, 5.41) is 9.31. The van der Waals surface area contributed by atoms with E-state index >= 15 is 0 Å². The van der Waals surface area contributed by atoms with E-state index in [0.717, 1.165) is 18.1 Å². The highest BCUT2D eigenvalue weighted by Crippen LogP contribution is 2.30. The third-order valence-electron chi connectivity index (χ3n) is 3.56. The lowest BCUT2D eigenvalue weighted by Gasteiger charge is -2.29. The second-order valence-corrected chi connectivity index (χ2v) is 7.56. The number of sulfonamides is 1. The number of nitrogens with two attached hydrogens (primary N) is 1. The Morgan fingerprint density at radius 3 is 2.42 bits per heavy atom. The van der Waals surface area contributed by atoms with E-state index in [4.69, 9.17) is 5.14 Å². The van der Waals surface area contributed by atoms with Gasteiger partial charge in [0.2, 0.25) is 10.0 Å². The monoisotopic (exact) mass is 300 g/mol. The average molecular weight is 300 g/mol. The molecule has 3 N–H and O–H groups in total. The summed E-state index contributed by atoms with van der Waals surface area (Å²) in [6.07, 6.45) is 6.65. The molecule has 0 heterocycles. The molecule has 1 aliphatic rings. The van der Waals surface area contributed by atoms with Crippen LogP contribution in [-0.2, 0) is 10.0 Å². The molecule has 19 heavy (non-hydrogen) atoms. The topological polar surface area (TPSA) is 72.2 Å². The van der Waals surface area contributed by atoms with Crippen molar-refractivity contribution in [3.05, 3.63) is 24.3 Å². The molecule has 0 atom stereocenters. The van der Waals surface area contributed by atoms with E-state index < -0.39 is 10.0 Å². The maximum absolute atomic E-state index is 11.5. The maximum atomic E-state index is 11.5. The van der Waals surface area contributed by atoms with Gasteiger partial charge in [-0.25, -0.2) is 13.6 Å². The Labute approximate surface area is 119 Å². The van der Waals surface area contributed by atoms with E-state index in [2.05, 4.69) is 11.6 Å². The van der Waals surface area contributed by atoms with Crippen molar-refractivity contribution in [1.29, 1.82) is 0 Å². The molecule has 0 aliphatic heterocycles. The first-order valence-electron chi connectivity index (χ1n) is 6.42. The minimum atomic E-state index is -3.67. The number of rotatable bonds is 4. The van der Waals surface area contributed by atoms with Crippen molar-refractivity contribution in [3.63, 3.8) is 0 Å². The zero-order valence-corrected chi connectivity index (χ0v) is 12.6. The minimum absolute atomic E-state index is 0.182. The van der Waals surface area contributed by atoms with Gasteiger partial charge in [-0.05, 0) is 44.1 Å². The van der Waals surface area contributed by atoms with Gasteiger partial charge in [-0.2, -0.15) is 11.8 Å². The van der Waals surface area contributed by atoms with Gasteiger partial charge in [0.05, 0.1) is 5.69 Å². The fourth-order valence-corrected chi connectivity index (χ4v) is 3.94. The molecule has 0 radical (unpaired) electrons. The first-order valence-corrected chi connectivity index (χ1v) is 9.25. The van der Waals surface area contributed by atoms with Gasteiger partial charge in [0.1, 0.15) is 4.90 Å². The van der Waals surface area contributed by atoms with Gasteiger partial charge in [0.25, 0.3) is 0 Å². The lowest BCUT2D eigenvalue weighted by atomic mass is 9.95. The van der Waals surface area contributed by atoms with E-state index in [0.29, 0.717) is 11.7 Å². The van der Waals surface area contributed by atoms with Gasteiger partial charge in [-0.1, -0.05) is 12.1 Å². The van der Waals surface area contributed by atoms with Crippen molar-refractivity contribution in [2.45, 2.75) is 41.9 Å². The van der Waals surface area contributed by atoms with E-state index in [-0.39, 0.29) is 4.90 Å². The van der Waals surface area contributed by atoms with Gasteiger partial charge in [0.15, 0.2) is 0 Å². The lowest BCUT2D eigenvalue weighted by Crippen LogP contribution is -2.28. The second kappa shape index (κ2) is 6.15. The first-order chi connectivity index (χ1) is 9.00. The molecule has 4 nitrogen and oxygen atoms in total. The van der Waals surface area contributed by atoms with Crippen LogP contribution in [0.4, 0.5) is 5.69 Å². The van der Waals surface area contributed by atoms with Gasteiger partial charge < -0.3 is 5.32 Å². The minimum Gasteiger partial charge on any atom is -0.381 e. The number of anilines is 1. The quantitative estimate of drug-likeness (QED) is 0.895. The van der Waals surface area contributed by atoms with Crippen LogP contribution < -0.4 is 10.5 Å². The molecule has 0 spiro atoms. The normalized spacial score (nSPS) is 24.1. The third kappa shape index (κ3) is 3.87. The summed E-state index contributed by atoms with van der Waals surface area (Å²) in [7, 11) is -3.67. The molecule has 106 valence electrons. The molecule has 1 saturated carbocycles. The van der Waals surface area contributed by atoms with Crippen molar-refractivity contribution in [3.8, 4) is 0 Å². The summed E-state index contributed by atoms with van der Waals surface area (Å²) in [5.41, 5.74) is 0.623. The van der Waals surface area contributed by atoms with Crippen LogP contribution in [0.2, 0.25) is 0 Å². The fraction of sp³-hybridized carbons (Fsp3) is 0.538. The third-order valence-corrected chi connectivity index (χ3v) is 5.67. The Balaban J connectivity index is 2.08. The number of nitrogens with one attached hydrogen (secondary N) is 1. The molecule has 0 saturated heterocycles. The largest absolute Gasteiger partial charge is 0.381 e. The highest BCUT2D eigenvalue weighted by atomic mass is 32.2. The number of hydrogen-bond donors (Lipinski definition) is 2. The average Bonchev–Trinajstić information content (AvgIpc) is 2.39. The Morgan fingerprint density at radius 1 is 1.21 bits per heavy atom. The predicted molar refractivity (Wildman–Crippen MR) is 81.0 cm³/mol. The SMILES string of the molecule is CSC1CCC(Nc2ccccc2S(N)(=O)=O)CC1. The zero-order valence-electron chi connectivity index (χ0n) is 11.0. The smallest absolute Gasteiger partial charge is 0.240 e. The van der Waals surface area contributed by atoms with Gasteiger partial charge >= 0.3 is 0 Å². The standard InChI is InChI=1S/C13H20N2O2S2/c1-18-11-8-6-10(7-9-11)15-12-4-2-3-5-13(12)19(14,16)17/h2-5,10-11,15H,6-9H2,1H3,(H2,14,16,17). The van der Waals surface area contributed by atoms with Crippen molar-refractivity contribution < 1.29 is 8.42 Å². The summed E-state index contributed by atoms with van der Waals surface area (Å²) < 4.78 is 23.1. The molecule has 1 aromatic carbocycles. The molecular formula is C13H20N2O2S2. The molecule has 0 aromatic heterocycles. The van der Waals surface area contributed by atoms with Gasteiger partial charge in [-0.3, -0.25) is 0 Å². The Morgan fingerprint density at radius 2 is 1.84 bits per heavy atom. The highest BCUT2D eigenvalue weighted by molar-refractivity contribution is 7.99. The number of hydrogen-bond acceptors (Lipinski definition) is 4. The van der Waals surface area contributed by atoms with Crippen molar-refractivity contribution in [2.75, 3.05) is 11.6 Å². The molecule has 1 fully saturated rings. The van der Waals surface area contributed by atoms with E-state index in [1.165, 1.54) is 12.8 Å². The Hall–Kier alpha value is -0.720. The molecule has 0 bridgehead atoms. The van der Waals surface area contributed by atoms with Gasteiger partial charge in [0, 0.05) is 11.3 Å². The molecular weight excluding hydrogens is 280 g/mol. The molecule has 6 heteroatoms. The summed E-state index contributed by atoms with van der Waals surface area (Å²) >= 11 is 1.92. The zero-order chi connectivity index (χ0) is 13.9. The predicted octanol–water partition coefficient (Wildman–Crippen LogP) is 2.42. The number of thioether (sulfide) groups is 1. The van der Waals surface area contributed by atoms with Crippen LogP contribution in [0.1, 0.15) is 25.7 Å². The number of benzene rings is 1. The Kier molecular flexibility index (Phi) is 4.76. The summed E-state index contributed by atoms with van der Waals surface area (Å²) in [5.74, 6) is 0. The molecule has 0 amide bonds. The summed E-state index contributed by atoms with van der Waals surface area (Å²) in [6, 6.07) is 7.18. The lowest BCUT2D eigenvalue weighted by molar-refractivity contribution is 0.472. The second-order valence-electron chi connectivity index (χ2n) is 4.89. The van der Waals surface area contributed by atoms with Crippen LogP contribution in [0.25, 0.3) is 0 Å². The van der Waals surface area contributed by atoms with Crippen LogP contribution in [0.15, 0.2) is 29.2 Å². The summed E-state index contributed by atoms with van der Waals surface area (Å²) in [6.45, 7) is 0. The van der Waals surface area contributed by atoms with Crippen molar-refractivity contribution in [2.24, 2.45) is 5.14 Å². The van der Waals surface area contributed by atoms with Crippen LogP contribution in [-0.4, -0.2) is 26.0 Å². The number of para-hydroxylation sites is 1. The van der Waals surface area contributed by atoms with Crippen molar-refractivity contribution >= 4 is 27.5 Å². The fourth-order valence-electron chi connectivity index (χ4n) is 2.50. The Bertz CT molecular complexity index is 523. The molecule has 1 aliphatic carbocycles. The van der Waals surface area contributed by atoms with Crippen molar-refractivity contribution in [1.82, 2.24) is 0 Å². The van der Waals surface area contributed by atoms with E-state index in [1.807, 2.05) is 17.8 Å². The molecule has 2 rings (SSSR count). The van der Waals surface area contributed by atoms with Gasteiger partial charge in [-0.15, -0.1) is 0 Å². The van der Waals surface area contributed by atoms with Crippen LogP contribution in [0.3, 0.4) is 0 Å². The van der Waals surface area contributed by atoms with Crippen LogP contribution >= 0.6 is 11.8 Å². The summed E-state index contributed by atoms with van der Waals surface area (Å²) in [4.78, 5) is 0.182.